The summed E-state index contributed by atoms with van der Waals surface area (Å²) in [5, 5.41) is 11.2. The molecule has 3 aromatic rings. The Kier molecular flexibility index (Phi) is 5.13. The quantitative estimate of drug-likeness (QED) is 0.667. The highest BCUT2D eigenvalue weighted by Gasteiger charge is 2.10. The van der Waals surface area contributed by atoms with E-state index in [1.807, 2.05) is 28.8 Å². The minimum Gasteiger partial charge on any atom is -0.493 e. The first-order chi connectivity index (χ1) is 12.2. The molecule has 0 aliphatic carbocycles. The van der Waals surface area contributed by atoms with Gasteiger partial charge in [0, 0.05) is 24.7 Å². The van der Waals surface area contributed by atoms with Gasteiger partial charge in [-0.15, -0.1) is 10.2 Å². The van der Waals surface area contributed by atoms with Gasteiger partial charge < -0.3 is 14.8 Å². The number of benzene rings is 1. The van der Waals surface area contributed by atoms with E-state index in [2.05, 4.69) is 15.5 Å². The predicted octanol–water partition coefficient (Wildman–Crippen LogP) is 2.11. The van der Waals surface area contributed by atoms with Crippen molar-refractivity contribution in [2.24, 2.45) is 0 Å². The van der Waals surface area contributed by atoms with Gasteiger partial charge in [-0.25, -0.2) is 0 Å². The Balaban J connectivity index is 1.54. The summed E-state index contributed by atoms with van der Waals surface area (Å²) in [6, 6.07) is 10.9. The van der Waals surface area contributed by atoms with Gasteiger partial charge in [0.05, 0.1) is 14.2 Å². The molecule has 0 bridgehead atoms. The Hall–Kier alpha value is -3.09. The predicted molar refractivity (Wildman–Crippen MR) is 93.2 cm³/mol. The van der Waals surface area contributed by atoms with Crippen LogP contribution < -0.4 is 14.8 Å². The highest BCUT2D eigenvalue weighted by molar-refractivity contribution is 5.94. The van der Waals surface area contributed by atoms with Gasteiger partial charge in [-0.05, 0) is 36.8 Å². The zero-order chi connectivity index (χ0) is 17.6. The average molecular weight is 340 g/mol. The molecule has 0 spiro atoms. The number of ether oxygens (including phenoxy) is 2. The lowest BCUT2D eigenvalue weighted by Gasteiger charge is -2.10. The third-order valence-corrected chi connectivity index (χ3v) is 3.89. The van der Waals surface area contributed by atoms with E-state index < -0.39 is 0 Å². The first-order valence-corrected chi connectivity index (χ1v) is 8.02. The molecular formula is C18H20N4O3. The van der Waals surface area contributed by atoms with Crippen LogP contribution in [0.2, 0.25) is 0 Å². The third-order valence-electron chi connectivity index (χ3n) is 3.89. The van der Waals surface area contributed by atoms with E-state index in [-0.39, 0.29) is 5.91 Å². The molecular weight excluding hydrogens is 320 g/mol. The molecule has 1 aromatic carbocycles. The van der Waals surface area contributed by atoms with Gasteiger partial charge in [0.15, 0.2) is 17.1 Å². The Morgan fingerprint density at radius 3 is 2.76 bits per heavy atom. The van der Waals surface area contributed by atoms with Gasteiger partial charge in [0.2, 0.25) is 0 Å². The van der Waals surface area contributed by atoms with Crippen molar-refractivity contribution in [1.82, 2.24) is 19.9 Å². The average Bonchev–Trinajstić information content (AvgIpc) is 3.07. The molecule has 2 heterocycles. The van der Waals surface area contributed by atoms with E-state index in [0.717, 1.165) is 24.3 Å². The number of aromatic nitrogens is 3. The van der Waals surface area contributed by atoms with E-state index in [1.165, 1.54) is 0 Å². The van der Waals surface area contributed by atoms with Crippen molar-refractivity contribution < 1.29 is 14.3 Å². The summed E-state index contributed by atoms with van der Waals surface area (Å²) in [7, 11) is 3.11. The van der Waals surface area contributed by atoms with Gasteiger partial charge in [-0.2, -0.15) is 0 Å². The van der Waals surface area contributed by atoms with Crippen molar-refractivity contribution in [2.75, 3.05) is 20.8 Å². The number of hydrogen-bond donors (Lipinski definition) is 1. The van der Waals surface area contributed by atoms with Crippen LogP contribution >= 0.6 is 0 Å². The van der Waals surface area contributed by atoms with Gasteiger partial charge in [-0.3, -0.25) is 9.20 Å². The summed E-state index contributed by atoms with van der Waals surface area (Å²) in [5.74, 6) is 1.87. The molecule has 0 aliphatic rings. The minimum atomic E-state index is -0.146. The summed E-state index contributed by atoms with van der Waals surface area (Å²) in [4.78, 5) is 12.2. The molecule has 25 heavy (non-hydrogen) atoms. The Bertz CT molecular complexity index is 876. The molecule has 0 saturated carbocycles. The molecule has 130 valence electrons. The van der Waals surface area contributed by atoms with Crippen LogP contribution in [0.25, 0.3) is 5.65 Å². The number of methoxy groups -OCH3 is 2. The highest BCUT2D eigenvalue weighted by Crippen LogP contribution is 2.27. The monoisotopic (exact) mass is 340 g/mol. The Labute approximate surface area is 145 Å². The second kappa shape index (κ2) is 7.65. The van der Waals surface area contributed by atoms with Gasteiger partial charge in [-0.1, -0.05) is 6.07 Å². The number of carbonyl (C=O) groups is 1. The number of nitrogens with one attached hydrogen (secondary N) is 1. The fourth-order valence-corrected chi connectivity index (χ4v) is 2.59. The fourth-order valence-electron chi connectivity index (χ4n) is 2.59. The maximum Gasteiger partial charge on any atom is 0.251 e. The fraction of sp³-hybridized carbons (Fsp3) is 0.278. The van der Waals surface area contributed by atoms with E-state index in [0.29, 0.717) is 23.6 Å². The second-order valence-electron chi connectivity index (χ2n) is 5.47. The molecule has 1 amide bonds. The number of amides is 1. The lowest BCUT2D eigenvalue weighted by atomic mass is 10.2. The number of hydrogen-bond acceptors (Lipinski definition) is 5. The molecule has 2 aromatic heterocycles. The number of rotatable bonds is 7. The largest absolute Gasteiger partial charge is 0.493 e. The lowest BCUT2D eigenvalue weighted by Crippen LogP contribution is -2.25. The molecule has 3 rings (SSSR count). The number of aryl methyl sites for hydroxylation is 1. The summed E-state index contributed by atoms with van der Waals surface area (Å²) >= 11 is 0. The SMILES string of the molecule is COc1ccc(C(=O)NCCCc2nnc3ccccn23)cc1OC. The normalized spacial score (nSPS) is 10.6. The summed E-state index contributed by atoms with van der Waals surface area (Å²) in [6.07, 6.45) is 3.44. The summed E-state index contributed by atoms with van der Waals surface area (Å²) < 4.78 is 12.3. The van der Waals surface area contributed by atoms with E-state index >= 15 is 0 Å². The van der Waals surface area contributed by atoms with Gasteiger partial charge >= 0.3 is 0 Å². The Morgan fingerprint density at radius 1 is 1.12 bits per heavy atom. The van der Waals surface area contributed by atoms with Crippen molar-refractivity contribution in [2.45, 2.75) is 12.8 Å². The summed E-state index contributed by atoms with van der Waals surface area (Å²) in [5.41, 5.74) is 1.36. The van der Waals surface area contributed by atoms with E-state index in [4.69, 9.17) is 9.47 Å². The Morgan fingerprint density at radius 2 is 1.96 bits per heavy atom. The first kappa shape index (κ1) is 16.8. The minimum absolute atomic E-state index is 0.146. The maximum absolute atomic E-state index is 12.2. The van der Waals surface area contributed by atoms with Gasteiger partial charge in [0.25, 0.3) is 5.91 Å². The standard InChI is InChI=1S/C18H20N4O3/c1-24-14-9-8-13(12-15(14)25-2)18(23)19-10-5-7-17-21-20-16-6-3-4-11-22(16)17/h3-4,6,8-9,11-12H,5,7,10H2,1-2H3,(H,19,23). The second-order valence-corrected chi connectivity index (χ2v) is 5.47. The number of carbonyl (C=O) groups excluding carboxylic acids is 1. The molecule has 0 atom stereocenters. The van der Waals surface area contributed by atoms with Crippen LogP contribution in [-0.4, -0.2) is 41.3 Å². The van der Waals surface area contributed by atoms with Crippen molar-refractivity contribution >= 4 is 11.6 Å². The number of nitrogens with zero attached hydrogens (tertiary/aromatic N) is 3. The van der Waals surface area contributed by atoms with Crippen molar-refractivity contribution in [3.05, 3.63) is 54.0 Å². The topological polar surface area (TPSA) is 77.8 Å². The molecule has 0 fully saturated rings. The molecule has 7 nitrogen and oxygen atoms in total. The zero-order valence-corrected chi connectivity index (χ0v) is 14.2. The van der Waals surface area contributed by atoms with Crippen LogP contribution in [0.4, 0.5) is 0 Å². The lowest BCUT2D eigenvalue weighted by molar-refractivity contribution is 0.0952. The van der Waals surface area contributed by atoms with Crippen molar-refractivity contribution in [3.8, 4) is 11.5 Å². The van der Waals surface area contributed by atoms with Crippen LogP contribution in [0.3, 0.4) is 0 Å². The zero-order valence-electron chi connectivity index (χ0n) is 14.2. The molecule has 0 unspecified atom stereocenters. The third kappa shape index (κ3) is 3.71. The highest BCUT2D eigenvalue weighted by atomic mass is 16.5. The molecule has 0 radical (unpaired) electrons. The molecule has 0 aliphatic heterocycles. The maximum atomic E-state index is 12.2. The van der Waals surface area contributed by atoms with Crippen molar-refractivity contribution in [1.29, 1.82) is 0 Å². The number of pyridine rings is 1. The molecule has 1 N–H and O–H groups in total. The van der Waals surface area contributed by atoms with Crippen LogP contribution in [-0.2, 0) is 6.42 Å². The van der Waals surface area contributed by atoms with E-state index in [9.17, 15) is 4.79 Å². The van der Waals surface area contributed by atoms with Crippen LogP contribution in [0.15, 0.2) is 42.6 Å². The van der Waals surface area contributed by atoms with Gasteiger partial charge in [0.1, 0.15) is 5.82 Å². The summed E-state index contributed by atoms with van der Waals surface area (Å²) in [6.45, 7) is 0.551. The smallest absolute Gasteiger partial charge is 0.251 e. The van der Waals surface area contributed by atoms with E-state index in [1.54, 1.807) is 32.4 Å². The molecule has 7 heteroatoms. The first-order valence-electron chi connectivity index (χ1n) is 8.02. The van der Waals surface area contributed by atoms with Crippen molar-refractivity contribution in [3.63, 3.8) is 0 Å². The molecule has 0 saturated heterocycles. The van der Waals surface area contributed by atoms with Crippen LogP contribution in [0.5, 0.6) is 11.5 Å². The number of fused-ring (bicyclic) bond motifs is 1. The van der Waals surface area contributed by atoms with Crippen LogP contribution in [0, 0.1) is 0 Å². The van der Waals surface area contributed by atoms with Crippen LogP contribution in [0.1, 0.15) is 22.6 Å².